The Balaban J connectivity index is 2.79. The van der Waals surface area contributed by atoms with Gasteiger partial charge in [0.05, 0.1) is 11.6 Å². The number of halogens is 2. The highest BCUT2D eigenvalue weighted by molar-refractivity contribution is 5.85. The lowest BCUT2D eigenvalue weighted by atomic mass is 9.98. The van der Waals surface area contributed by atoms with Gasteiger partial charge in [0.25, 0.3) is 0 Å². The van der Waals surface area contributed by atoms with Crippen LogP contribution in [-0.4, -0.2) is 11.4 Å². The van der Waals surface area contributed by atoms with Gasteiger partial charge >= 0.3 is 0 Å². The van der Waals surface area contributed by atoms with Gasteiger partial charge in [-0.25, -0.2) is 8.78 Å². The molecule has 100 valence electrons. The molecule has 0 saturated carbocycles. The van der Waals surface area contributed by atoms with Crippen molar-refractivity contribution in [3.05, 3.63) is 35.4 Å². The summed E-state index contributed by atoms with van der Waals surface area (Å²) < 4.78 is 25.9. The number of hydrogen-bond donors (Lipinski definition) is 2. The number of carbonyl (C=O) groups excluding carboxylic acids is 1. The zero-order valence-electron chi connectivity index (χ0n) is 10.8. The quantitative estimate of drug-likeness (QED) is 0.868. The molecule has 0 fully saturated rings. The number of carbonyl (C=O) groups is 1. The van der Waals surface area contributed by atoms with Gasteiger partial charge in [-0.05, 0) is 38.0 Å². The number of nitrogens with two attached hydrogens (primary N) is 1. The molecular weight excluding hydrogens is 238 g/mol. The minimum absolute atomic E-state index is 0.317. The summed E-state index contributed by atoms with van der Waals surface area (Å²) in [6.07, 6.45) is 0.489. The van der Waals surface area contributed by atoms with E-state index >= 15 is 0 Å². The molecular formula is C13H18F2N2O. The van der Waals surface area contributed by atoms with Crippen molar-refractivity contribution >= 4 is 5.91 Å². The van der Waals surface area contributed by atoms with Crippen LogP contribution in [0, 0.1) is 11.6 Å². The van der Waals surface area contributed by atoms with Gasteiger partial charge in [0.15, 0.2) is 11.6 Å². The third-order valence-electron chi connectivity index (χ3n) is 3.04. The molecule has 1 rings (SSSR count). The molecule has 0 heterocycles. The highest BCUT2D eigenvalue weighted by Gasteiger charge is 2.27. The molecule has 18 heavy (non-hydrogen) atoms. The molecule has 0 bridgehead atoms. The van der Waals surface area contributed by atoms with Crippen molar-refractivity contribution in [1.82, 2.24) is 5.32 Å². The summed E-state index contributed by atoms with van der Waals surface area (Å²) in [5, 5.41) is 2.68. The van der Waals surface area contributed by atoms with Crippen LogP contribution in [0.2, 0.25) is 0 Å². The fourth-order valence-electron chi connectivity index (χ4n) is 1.39. The van der Waals surface area contributed by atoms with Crippen molar-refractivity contribution in [3.63, 3.8) is 0 Å². The van der Waals surface area contributed by atoms with Gasteiger partial charge in [-0.3, -0.25) is 4.79 Å². The standard InChI is InChI=1S/C13H18F2N2O/c1-4-13(3,16)12(18)17-8(2)9-5-6-10(14)11(15)7-9/h5-8H,4,16H2,1-3H3,(H,17,18). The molecule has 1 amide bonds. The highest BCUT2D eigenvalue weighted by Crippen LogP contribution is 2.17. The first-order valence-corrected chi connectivity index (χ1v) is 5.82. The van der Waals surface area contributed by atoms with E-state index in [0.717, 1.165) is 12.1 Å². The molecule has 3 N–H and O–H groups in total. The molecule has 0 aliphatic carbocycles. The first kappa shape index (κ1) is 14.6. The molecule has 1 aromatic rings. The van der Waals surface area contributed by atoms with Crippen LogP contribution in [0.5, 0.6) is 0 Å². The van der Waals surface area contributed by atoms with Crippen LogP contribution >= 0.6 is 0 Å². The summed E-state index contributed by atoms with van der Waals surface area (Å²) in [4.78, 5) is 11.8. The largest absolute Gasteiger partial charge is 0.348 e. The fourth-order valence-corrected chi connectivity index (χ4v) is 1.39. The molecule has 2 unspecified atom stereocenters. The lowest BCUT2D eigenvalue weighted by Crippen LogP contribution is -2.51. The SMILES string of the molecule is CCC(C)(N)C(=O)NC(C)c1ccc(F)c(F)c1. The van der Waals surface area contributed by atoms with Crippen molar-refractivity contribution in [3.8, 4) is 0 Å². The molecule has 1 aromatic carbocycles. The molecule has 3 nitrogen and oxygen atoms in total. The van der Waals surface area contributed by atoms with E-state index in [0.29, 0.717) is 12.0 Å². The monoisotopic (exact) mass is 256 g/mol. The summed E-state index contributed by atoms with van der Waals surface area (Å²) in [6, 6.07) is 3.11. The molecule has 0 aromatic heterocycles. The van der Waals surface area contributed by atoms with E-state index in [4.69, 9.17) is 5.73 Å². The summed E-state index contributed by atoms with van der Waals surface area (Å²) in [7, 11) is 0. The van der Waals surface area contributed by atoms with Crippen LogP contribution in [0.4, 0.5) is 8.78 Å². The Kier molecular flexibility index (Phi) is 4.40. The van der Waals surface area contributed by atoms with Gasteiger partial charge in [0.2, 0.25) is 5.91 Å². The molecule has 0 saturated heterocycles. The molecule has 5 heteroatoms. The second-order valence-electron chi connectivity index (χ2n) is 4.64. The van der Waals surface area contributed by atoms with Gasteiger partial charge in [0, 0.05) is 0 Å². The number of amides is 1. The Morgan fingerprint density at radius 2 is 2.06 bits per heavy atom. The summed E-state index contributed by atoms with van der Waals surface area (Å²) in [5.41, 5.74) is 5.32. The lowest BCUT2D eigenvalue weighted by molar-refractivity contribution is -0.126. The van der Waals surface area contributed by atoms with Gasteiger partial charge < -0.3 is 11.1 Å². The van der Waals surface area contributed by atoms with E-state index in [1.165, 1.54) is 6.07 Å². The average Bonchev–Trinajstić information content (AvgIpc) is 2.32. The van der Waals surface area contributed by atoms with Crippen LogP contribution < -0.4 is 11.1 Å². The number of rotatable bonds is 4. The molecule has 0 radical (unpaired) electrons. The van der Waals surface area contributed by atoms with Crippen LogP contribution in [0.3, 0.4) is 0 Å². The zero-order valence-corrected chi connectivity index (χ0v) is 10.8. The van der Waals surface area contributed by atoms with Crippen LogP contribution in [0.1, 0.15) is 38.8 Å². The van der Waals surface area contributed by atoms with Gasteiger partial charge in [-0.2, -0.15) is 0 Å². The Hall–Kier alpha value is -1.49. The smallest absolute Gasteiger partial charge is 0.240 e. The van der Waals surface area contributed by atoms with Crippen LogP contribution in [-0.2, 0) is 4.79 Å². The van der Waals surface area contributed by atoms with Crippen molar-refractivity contribution < 1.29 is 13.6 Å². The van der Waals surface area contributed by atoms with Crippen LogP contribution in [0.25, 0.3) is 0 Å². The van der Waals surface area contributed by atoms with E-state index in [2.05, 4.69) is 5.32 Å². The van der Waals surface area contributed by atoms with Gasteiger partial charge in [-0.15, -0.1) is 0 Å². The highest BCUT2D eigenvalue weighted by atomic mass is 19.2. The third-order valence-corrected chi connectivity index (χ3v) is 3.04. The molecule has 0 aliphatic rings. The maximum Gasteiger partial charge on any atom is 0.240 e. The molecule has 0 aliphatic heterocycles. The normalized spacial score (nSPS) is 15.9. The first-order valence-electron chi connectivity index (χ1n) is 5.82. The van der Waals surface area contributed by atoms with Crippen molar-refractivity contribution in [1.29, 1.82) is 0 Å². The lowest BCUT2D eigenvalue weighted by Gasteiger charge is -2.24. The third kappa shape index (κ3) is 3.26. The van der Waals surface area contributed by atoms with Crippen molar-refractivity contribution in [2.75, 3.05) is 0 Å². The second kappa shape index (κ2) is 5.44. The van der Waals surface area contributed by atoms with E-state index in [1.54, 1.807) is 13.8 Å². The Labute approximate surface area is 105 Å². The average molecular weight is 256 g/mol. The van der Waals surface area contributed by atoms with Crippen molar-refractivity contribution in [2.45, 2.75) is 38.8 Å². The van der Waals surface area contributed by atoms with Crippen molar-refractivity contribution in [2.24, 2.45) is 5.73 Å². The Morgan fingerprint density at radius 1 is 1.44 bits per heavy atom. The van der Waals surface area contributed by atoms with E-state index in [1.807, 2.05) is 6.92 Å². The Bertz CT molecular complexity index is 447. The number of hydrogen-bond acceptors (Lipinski definition) is 2. The van der Waals surface area contributed by atoms with E-state index < -0.39 is 23.2 Å². The summed E-state index contributed by atoms with van der Waals surface area (Å²) >= 11 is 0. The predicted molar refractivity (Wildman–Crippen MR) is 65.8 cm³/mol. The van der Waals surface area contributed by atoms with E-state index in [9.17, 15) is 13.6 Å². The van der Waals surface area contributed by atoms with Gasteiger partial charge in [-0.1, -0.05) is 13.0 Å². The topological polar surface area (TPSA) is 55.1 Å². The fraction of sp³-hybridized carbons (Fsp3) is 0.462. The molecule has 0 spiro atoms. The minimum Gasteiger partial charge on any atom is -0.348 e. The minimum atomic E-state index is -0.965. The first-order chi connectivity index (χ1) is 8.27. The maximum atomic E-state index is 13.1. The van der Waals surface area contributed by atoms with Crippen LogP contribution in [0.15, 0.2) is 18.2 Å². The summed E-state index contributed by atoms with van der Waals surface area (Å²) in [5.74, 6) is -2.16. The number of nitrogens with one attached hydrogen (secondary N) is 1. The second-order valence-corrected chi connectivity index (χ2v) is 4.64. The van der Waals surface area contributed by atoms with E-state index in [-0.39, 0.29) is 5.91 Å². The maximum absolute atomic E-state index is 13.1. The Morgan fingerprint density at radius 3 is 2.56 bits per heavy atom. The predicted octanol–water partition coefficient (Wildman–Crippen LogP) is 2.27. The summed E-state index contributed by atoms with van der Waals surface area (Å²) in [6.45, 7) is 5.12. The van der Waals surface area contributed by atoms with Gasteiger partial charge in [0.1, 0.15) is 0 Å². The zero-order chi connectivity index (χ0) is 13.9. The number of benzene rings is 1. The molecule has 2 atom stereocenters.